The third-order valence-corrected chi connectivity index (χ3v) is 3.77. The number of allylic oxidation sites excluding steroid dienone is 3. The van der Waals surface area contributed by atoms with Gasteiger partial charge in [0.05, 0.1) is 5.57 Å². The van der Waals surface area contributed by atoms with Crippen molar-refractivity contribution in [2.45, 2.75) is 46.5 Å². The standard InChI is InChI=1S/C15H20N2O2/c1-4-5-9-10(8-16)14(17)19-12-7-15(2,3)6-11(18)13(9)12/h9H,4-7,17H2,1-3H3/t9-/m0/s1. The molecule has 0 saturated heterocycles. The zero-order chi connectivity index (χ0) is 14.2. The van der Waals surface area contributed by atoms with Crippen molar-refractivity contribution < 1.29 is 9.53 Å². The zero-order valence-corrected chi connectivity index (χ0v) is 11.7. The Balaban J connectivity index is 2.47. The van der Waals surface area contributed by atoms with Gasteiger partial charge in [0.25, 0.3) is 0 Å². The predicted octanol–water partition coefficient (Wildman–Crippen LogP) is 2.77. The van der Waals surface area contributed by atoms with Crippen molar-refractivity contribution in [2.24, 2.45) is 17.1 Å². The highest BCUT2D eigenvalue weighted by Gasteiger charge is 2.41. The molecule has 0 saturated carbocycles. The van der Waals surface area contributed by atoms with Crippen LogP contribution in [0.15, 0.2) is 22.8 Å². The molecule has 0 spiro atoms. The molecule has 0 amide bonds. The number of ether oxygens (including phenoxy) is 1. The highest BCUT2D eigenvalue weighted by atomic mass is 16.5. The summed E-state index contributed by atoms with van der Waals surface area (Å²) in [6, 6.07) is 2.11. The van der Waals surface area contributed by atoms with Crippen LogP contribution in [0.25, 0.3) is 0 Å². The smallest absolute Gasteiger partial charge is 0.204 e. The van der Waals surface area contributed by atoms with Crippen molar-refractivity contribution >= 4 is 5.78 Å². The molecule has 0 fully saturated rings. The Labute approximate surface area is 113 Å². The molecule has 0 aromatic rings. The van der Waals surface area contributed by atoms with Crippen LogP contribution in [-0.4, -0.2) is 5.78 Å². The van der Waals surface area contributed by atoms with Crippen molar-refractivity contribution in [3.63, 3.8) is 0 Å². The van der Waals surface area contributed by atoms with E-state index in [4.69, 9.17) is 10.5 Å². The van der Waals surface area contributed by atoms with E-state index in [-0.39, 0.29) is 23.0 Å². The molecule has 4 nitrogen and oxygen atoms in total. The van der Waals surface area contributed by atoms with Gasteiger partial charge in [-0.15, -0.1) is 0 Å². The first-order valence-electron chi connectivity index (χ1n) is 6.73. The van der Waals surface area contributed by atoms with Gasteiger partial charge in [-0.25, -0.2) is 0 Å². The molecule has 1 aliphatic heterocycles. The van der Waals surface area contributed by atoms with Gasteiger partial charge >= 0.3 is 0 Å². The predicted molar refractivity (Wildman–Crippen MR) is 71.4 cm³/mol. The number of hydrogen-bond donors (Lipinski definition) is 1. The van der Waals surface area contributed by atoms with Crippen LogP contribution >= 0.6 is 0 Å². The topological polar surface area (TPSA) is 76.1 Å². The highest BCUT2D eigenvalue weighted by molar-refractivity contribution is 5.98. The van der Waals surface area contributed by atoms with Crippen LogP contribution in [0.1, 0.15) is 46.5 Å². The molecule has 4 heteroatoms. The molecule has 102 valence electrons. The minimum Gasteiger partial charge on any atom is -0.444 e. The van der Waals surface area contributed by atoms with Gasteiger partial charge in [0.1, 0.15) is 11.8 Å². The minimum atomic E-state index is -0.178. The van der Waals surface area contributed by atoms with Crippen LogP contribution in [-0.2, 0) is 9.53 Å². The average Bonchev–Trinajstić information content (AvgIpc) is 2.26. The second-order valence-corrected chi connectivity index (χ2v) is 6.11. The first kappa shape index (κ1) is 13.7. The number of Topliss-reactive ketones (excluding diaryl/α,β-unsaturated/α-hetero) is 1. The summed E-state index contributed by atoms with van der Waals surface area (Å²) in [5.41, 5.74) is 6.84. The number of nitrogens with zero attached hydrogens (tertiary/aromatic N) is 1. The summed E-state index contributed by atoms with van der Waals surface area (Å²) in [6.45, 7) is 6.14. The third kappa shape index (κ3) is 2.37. The van der Waals surface area contributed by atoms with E-state index in [1.807, 2.05) is 20.8 Å². The van der Waals surface area contributed by atoms with Crippen molar-refractivity contribution in [3.05, 3.63) is 22.8 Å². The van der Waals surface area contributed by atoms with E-state index in [9.17, 15) is 10.1 Å². The maximum absolute atomic E-state index is 12.4. The number of carbonyl (C=O) groups excluding carboxylic acids is 1. The van der Waals surface area contributed by atoms with E-state index in [1.54, 1.807) is 0 Å². The van der Waals surface area contributed by atoms with E-state index < -0.39 is 0 Å². The van der Waals surface area contributed by atoms with Crippen LogP contribution in [0.3, 0.4) is 0 Å². The second-order valence-electron chi connectivity index (χ2n) is 6.11. The van der Waals surface area contributed by atoms with Crippen LogP contribution in [0.4, 0.5) is 0 Å². The average molecular weight is 260 g/mol. The lowest BCUT2D eigenvalue weighted by Gasteiger charge is -2.37. The first-order valence-corrected chi connectivity index (χ1v) is 6.73. The fourth-order valence-corrected chi connectivity index (χ4v) is 2.97. The van der Waals surface area contributed by atoms with Gasteiger partial charge in [-0.1, -0.05) is 27.2 Å². The van der Waals surface area contributed by atoms with E-state index in [0.29, 0.717) is 29.7 Å². The van der Waals surface area contributed by atoms with E-state index in [0.717, 1.165) is 12.8 Å². The Hall–Kier alpha value is -1.76. The summed E-state index contributed by atoms with van der Waals surface area (Å²) in [4.78, 5) is 12.4. The summed E-state index contributed by atoms with van der Waals surface area (Å²) >= 11 is 0. The Kier molecular flexibility index (Phi) is 3.40. The molecule has 2 aliphatic rings. The zero-order valence-electron chi connectivity index (χ0n) is 11.7. The summed E-state index contributed by atoms with van der Waals surface area (Å²) in [7, 11) is 0. The maximum atomic E-state index is 12.4. The van der Waals surface area contributed by atoms with Gasteiger partial charge in [0.2, 0.25) is 5.88 Å². The number of hydrogen-bond acceptors (Lipinski definition) is 4. The fraction of sp³-hybridized carbons (Fsp3) is 0.600. The third-order valence-electron chi connectivity index (χ3n) is 3.77. The van der Waals surface area contributed by atoms with Crippen molar-refractivity contribution in [2.75, 3.05) is 0 Å². The molecule has 0 aromatic heterocycles. The van der Waals surface area contributed by atoms with Crippen LogP contribution in [0, 0.1) is 22.7 Å². The number of nitriles is 1. The molecule has 0 bridgehead atoms. The summed E-state index contributed by atoms with van der Waals surface area (Å²) in [6.07, 6.45) is 2.87. The molecule has 1 heterocycles. The largest absolute Gasteiger partial charge is 0.444 e. The Bertz CT molecular complexity index is 521. The summed E-state index contributed by atoms with van der Waals surface area (Å²) in [5.74, 6) is 0.772. The number of rotatable bonds is 2. The lowest BCUT2D eigenvalue weighted by atomic mass is 9.71. The maximum Gasteiger partial charge on any atom is 0.204 e. The highest BCUT2D eigenvalue weighted by Crippen LogP contribution is 2.45. The van der Waals surface area contributed by atoms with Gasteiger partial charge in [0, 0.05) is 24.3 Å². The molecular weight excluding hydrogens is 240 g/mol. The van der Waals surface area contributed by atoms with Crippen molar-refractivity contribution in [3.8, 4) is 6.07 Å². The van der Waals surface area contributed by atoms with Crippen LogP contribution in [0.5, 0.6) is 0 Å². The van der Waals surface area contributed by atoms with Gasteiger partial charge in [0.15, 0.2) is 5.78 Å². The van der Waals surface area contributed by atoms with Gasteiger partial charge in [-0.05, 0) is 11.8 Å². The molecule has 19 heavy (non-hydrogen) atoms. The molecule has 2 rings (SSSR count). The van der Waals surface area contributed by atoms with Gasteiger partial charge < -0.3 is 10.5 Å². The lowest BCUT2D eigenvalue weighted by Crippen LogP contribution is -2.34. The molecular formula is C15H20N2O2. The van der Waals surface area contributed by atoms with E-state index >= 15 is 0 Å². The number of carbonyl (C=O) groups is 1. The Morgan fingerprint density at radius 1 is 1.47 bits per heavy atom. The molecule has 1 atom stereocenters. The SMILES string of the molecule is CCC[C@H]1C(C#N)=C(N)OC2=C1C(=O)CC(C)(C)C2. The normalized spacial score (nSPS) is 25.8. The Morgan fingerprint density at radius 3 is 2.74 bits per heavy atom. The summed E-state index contributed by atoms with van der Waals surface area (Å²) < 4.78 is 5.57. The summed E-state index contributed by atoms with van der Waals surface area (Å²) in [5, 5.41) is 9.24. The van der Waals surface area contributed by atoms with Crippen LogP contribution < -0.4 is 5.73 Å². The molecule has 0 unspecified atom stereocenters. The second kappa shape index (κ2) is 4.73. The lowest BCUT2D eigenvalue weighted by molar-refractivity contribution is -0.119. The molecule has 0 aromatic carbocycles. The van der Waals surface area contributed by atoms with Crippen LogP contribution in [0.2, 0.25) is 0 Å². The first-order chi connectivity index (χ1) is 8.89. The monoisotopic (exact) mass is 260 g/mol. The number of ketones is 1. The van der Waals surface area contributed by atoms with Gasteiger partial charge in [-0.3, -0.25) is 4.79 Å². The fourth-order valence-electron chi connectivity index (χ4n) is 2.97. The number of nitrogens with two attached hydrogens (primary N) is 1. The quantitative estimate of drug-likeness (QED) is 0.828. The van der Waals surface area contributed by atoms with E-state index in [2.05, 4.69) is 6.07 Å². The van der Waals surface area contributed by atoms with Crippen molar-refractivity contribution in [1.29, 1.82) is 5.26 Å². The molecule has 0 radical (unpaired) electrons. The molecule has 1 aliphatic carbocycles. The molecule has 2 N–H and O–H groups in total. The van der Waals surface area contributed by atoms with E-state index in [1.165, 1.54) is 0 Å². The Morgan fingerprint density at radius 2 is 2.16 bits per heavy atom. The minimum absolute atomic E-state index is 0.100. The van der Waals surface area contributed by atoms with Crippen molar-refractivity contribution in [1.82, 2.24) is 0 Å². The van der Waals surface area contributed by atoms with Gasteiger partial charge in [-0.2, -0.15) is 5.26 Å².